The molecule has 8 heteroatoms. The van der Waals surface area contributed by atoms with Crippen molar-refractivity contribution in [1.82, 2.24) is 0 Å². The molecule has 2 amide bonds. The summed E-state index contributed by atoms with van der Waals surface area (Å²) in [6.07, 6.45) is 1.55. The molecule has 0 radical (unpaired) electrons. The maximum absolute atomic E-state index is 12.8. The summed E-state index contributed by atoms with van der Waals surface area (Å²) in [6.45, 7) is 16.1. The van der Waals surface area contributed by atoms with Gasteiger partial charge in [-0.1, -0.05) is 65.3 Å². The summed E-state index contributed by atoms with van der Waals surface area (Å²) < 4.78 is 11.1. The molecule has 0 heterocycles. The third kappa shape index (κ3) is 8.54. The molecule has 0 fully saturated rings. The molecular formula is C31H43ClN2O5. The maximum atomic E-state index is 12.8. The van der Waals surface area contributed by atoms with E-state index in [0.29, 0.717) is 11.4 Å². The molecule has 0 saturated carbocycles. The Morgan fingerprint density at radius 3 is 2.08 bits per heavy atom. The predicted octanol–water partition coefficient (Wildman–Crippen LogP) is 7.06. The standard InChI is InChI=1S/C31H43ClN2O5/c1-10-29(3,4)20-12-15-25(22(16-20)30(5,6)11-2)39-19-28(37)33-21-13-14-23(32)24(17-21)34-27(36)18-26(35)31(7,8)38-9/h12-17H,10-11,18-19H2,1-9H3,(H,33,37)(H,34,36). The number of nitrogens with one attached hydrogen (secondary N) is 2. The van der Waals surface area contributed by atoms with Gasteiger partial charge in [0.05, 0.1) is 17.1 Å². The van der Waals surface area contributed by atoms with Crippen LogP contribution in [-0.2, 0) is 30.0 Å². The number of benzene rings is 2. The summed E-state index contributed by atoms with van der Waals surface area (Å²) >= 11 is 6.24. The number of carbonyl (C=O) groups is 3. The highest BCUT2D eigenvalue weighted by atomic mass is 35.5. The molecular weight excluding hydrogens is 516 g/mol. The Kier molecular flexibility index (Phi) is 10.7. The van der Waals surface area contributed by atoms with Crippen LogP contribution in [0.25, 0.3) is 0 Å². The van der Waals surface area contributed by atoms with Crippen molar-refractivity contribution in [2.24, 2.45) is 0 Å². The largest absolute Gasteiger partial charge is 0.483 e. The fraction of sp³-hybridized carbons (Fsp3) is 0.516. The lowest BCUT2D eigenvalue weighted by Gasteiger charge is -2.30. The van der Waals surface area contributed by atoms with E-state index in [1.807, 2.05) is 6.07 Å². The number of hydrogen-bond donors (Lipinski definition) is 2. The molecule has 7 nitrogen and oxygen atoms in total. The first-order valence-electron chi connectivity index (χ1n) is 13.3. The van der Waals surface area contributed by atoms with Gasteiger partial charge in [-0.15, -0.1) is 0 Å². The number of methoxy groups -OCH3 is 1. The first-order valence-corrected chi connectivity index (χ1v) is 13.7. The number of amides is 2. The fourth-order valence-electron chi connectivity index (χ4n) is 3.71. The number of ether oxygens (including phenoxy) is 2. The van der Waals surface area contributed by atoms with Crippen LogP contribution in [0.4, 0.5) is 11.4 Å². The van der Waals surface area contributed by atoms with Crippen molar-refractivity contribution < 1.29 is 23.9 Å². The van der Waals surface area contributed by atoms with E-state index in [4.69, 9.17) is 21.1 Å². The summed E-state index contributed by atoms with van der Waals surface area (Å²) in [5, 5.41) is 5.69. The van der Waals surface area contributed by atoms with Crippen LogP contribution in [0.5, 0.6) is 5.75 Å². The molecule has 0 aliphatic rings. The minimum absolute atomic E-state index is 0.0312. The number of ketones is 1. The van der Waals surface area contributed by atoms with Crippen LogP contribution in [0.1, 0.15) is 85.8 Å². The molecule has 0 atom stereocenters. The van der Waals surface area contributed by atoms with Crippen molar-refractivity contribution in [3.8, 4) is 5.75 Å². The number of hydrogen-bond acceptors (Lipinski definition) is 5. The summed E-state index contributed by atoms with van der Waals surface area (Å²) in [4.78, 5) is 37.5. The number of carbonyl (C=O) groups excluding carboxylic acids is 3. The molecule has 0 aliphatic heterocycles. The Bertz CT molecular complexity index is 1200. The molecule has 2 N–H and O–H groups in total. The van der Waals surface area contributed by atoms with Gasteiger partial charge in [-0.2, -0.15) is 0 Å². The van der Waals surface area contributed by atoms with Crippen LogP contribution in [0, 0.1) is 0 Å². The predicted molar refractivity (Wildman–Crippen MR) is 158 cm³/mol. The Hall–Kier alpha value is -2.90. The van der Waals surface area contributed by atoms with Crippen molar-refractivity contribution in [1.29, 1.82) is 0 Å². The third-order valence-electron chi connectivity index (χ3n) is 7.64. The second kappa shape index (κ2) is 13.0. The molecule has 2 aromatic carbocycles. The Balaban J connectivity index is 2.13. The van der Waals surface area contributed by atoms with E-state index in [-0.39, 0.29) is 46.3 Å². The quantitative estimate of drug-likeness (QED) is 0.257. The van der Waals surface area contributed by atoms with E-state index >= 15 is 0 Å². The molecule has 2 rings (SSSR count). The Morgan fingerprint density at radius 1 is 0.846 bits per heavy atom. The van der Waals surface area contributed by atoms with Gasteiger partial charge in [0.15, 0.2) is 12.4 Å². The monoisotopic (exact) mass is 558 g/mol. The average molecular weight is 559 g/mol. The highest BCUT2D eigenvalue weighted by Gasteiger charge is 2.29. The first kappa shape index (κ1) is 32.3. The summed E-state index contributed by atoms with van der Waals surface area (Å²) in [7, 11) is 1.41. The van der Waals surface area contributed by atoms with Gasteiger partial charge < -0.3 is 20.1 Å². The number of rotatable bonds is 13. The minimum Gasteiger partial charge on any atom is -0.483 e. The molecule has 0 unspecified atom stereocenters. The Morgan fingerprint density at radius 2 is 1.49 bits per heavy atom. The molecule has 39 heavy (non-hydrogen) atoms. The smallest absolute Gasteiger partial charge is 0.262 e. The van der Waals surface area contributed by atoms with E-state index in [9.17, 15) is 14.4 Å². The van der Waals surface area contributed by atoms with Crippen LogP contribution < -0.4 is 15.4 Å². The minimum atomic E-state index is -1.07. The van der Waals surface area contributed by atoms with Crippen molar-refractivity contribution in [3.05, 3.63) is 52.5 Å². The third-order valence-corrected chi connectivity index (χ3v) is 7.97. The highest BCUT2D eigenvalue weighted by molar-refractivity contribution is 6.34. The summed E-state index contributed by atoms with van der Waals surface area (Å²) in [5.74, 6) is -0.568. The zero-order chi connectivity index (χ0) is 29.6. The van der Waals surface area contributed by atoms with E-state index in [1.165, 1.54) is 18.7 Å². The van der Waals surface area contributed by atoms with Crippen LogP contribution >= 0.6 is 11.6 Å². The topological polar surface area (TPSA) is 93.7 Å². The molecule has 2 aromatic rings. The molecule has 0 spiro atoms. The van der Waals surface area contributed by atoms with E-state index in [0.717, 1.165) is 18.4 Å². The highest BCUT2D eigenvalue weighted by Crippen LogP contribution is 2.38. The van der Waals surface area contributed by atoms with E-state index in [1.54, 1.807) is 26.0 Å². The lowest BCUT2D eigenvalue weighted by Crippen LogP contribution is -2.36. The first-order chi connectivity index (χ1) is 18.1. The zero-order valence-electron chi connectivity index (χ0n) is 24.7. The van der Waals surface area contributed by atoms with E-state index in [2.05, 4.69) is 64.3 Å². The van der Waals surface area contributed by atoms with Gasteiger partial charge in [-0.05, 0) is 67.3 Å². The average Bonchev–Trinajstić information content (AvgIpc) is 2.89. The van der Waals surface area contributed by atoms with Gasteiger partial charge in [0.1, 0.15) is 11.4 Å². The number of Topliss-reactive ketones (excluding diaryl/α,β-unsaturated/α-hetero) is 1. The van der Waals surface area contributed by atoms with Crippen LogP contribution in [-0.4, -0.2) is 36.9 Å². The second-order valence-electron chi connectivity index (χ2n) is 11.6. The molecule has 0 bridgehead atoms. The van der Waals surface area contributed by atoms with Gasteiger partial charge in [0.25, 0.3) is 5.91 Å². The van der Waals surface area contributed by atoms with Crippen molar-refractivity contribution in [3.63, 3.8) is 0 Å². The van der Waals surface area contributed by atoms with E-state index < -0.39 is 11.5 Å². The van der Waals surface area contributed by atoms with Gasteiger partial charge in [-0.3, -0.25) is 14.4 Å². The van der Waals surface area contributed by atoms with Crippen molar-refractivity contribution in [2.45, 2.75) is 91.1 Å². The Labute approximate surface area is 238 Å². The second-order valence-corrected chi connectivity index (χ2v) is 12.0. The fourth-order valence-corrected chi connectivity index (χ4v) is 3.87. The zero-order valence-corrected chi connectivity index (χ0v) is 25.5. The summed E-state index contributed by atoms with van der Waals surface area (Å²) in [6, 6.07) is 10.9. The molecule has 0 saturated heterocycles. The van der Waals surface area contributed by atoms with Crippen LogP contribution in [0.15, 0.2) is 36.4 Å². The van der Waals surface area contributed by atoms with Gasteiger partial charge in [0, 0.05) is 18.4 Å². The normalized spacial score (nSPS) is 12.2. The lowest BCUT2D eigenvalue weighted by atomic mass is 9.76. The van der Waals surface area contributed by atoms with Gasteiger partial charge >= 0.3 is 0 Å². The van der Waals surface area contributed by atoms with Crippen LogP contribution in [0.2, 0.25) is 5.02 Å². The number of anilines is 2. The van der Waals surface area contributed by atoms with Crippen LogP contribution in [0.3, 0.4) is 0 Å². The van der Waals surface area contributed by atoms with Gasteiger partial charge in [-0.25, -0.2) is 0 Å². The molecule has 214 valence electrons. The molecule has 0 aromatic heterocycles. The van der Waals surface area contributed by atoms with Gasteiger partial charge in [0.2, 0.25) is 5.91 Å². The SMILES string of the molecule is CCC(C)(C)c1ccc(OCC(=O)Nc2ccc(Cl)c(NC(=O)CC(=O)C(C)(C)OC)c2)c(C(C)(C)CC)c1. The molecule has 0 aliphatic carbocycles. The number of halogens is 1. The lowest BCUT2D eigenvalue weighted by molar-refractivity contribution is -0.139. The maximum Gasteiger partial charge on any atom is 0.262 e. The van der Waals surface area contributed by atoms with Crippen molar-refractivity contribution >= 4 is 40.6 Å². The summed E-state index contributed by atoms with van der Waals surface area (Å²) in [5.41, 5.74) is 1.85. The van der Waals surface area contributed by atoms with Crippen molar-refractivity contribution in [2.75, 3.05) is 24.4 Å².